The fraction of sp³-hybridized carbons (Fsp3) is 0.273. The van der Waals surface area contributed by atoms with Gasteiger partial charge in [0, 0.05) is 6.54 Å². The van der Waals surface area contributed by atoms with Gasteiger partial charge in [-0.1, -0.05) is 30.3 Å². The number of hydrogen-bond acceptors (Lipinski definition) is 3. The van der Waals surface area contributed by atoms with E-state index in [1.807, 2.05) is 12.1 Å². The first-order valence-electron chi connectivity index (χ1n) is 9.20. The molecule has 0 saturated carbocycles. The van der Waals surface area contributed by atoms with E-state index in [-0.39, 0.29) is 18.4 Å². The predicted molar refractivity (Wildman–Crippen MR) is 106 cm³/mol. The third kappa shape index (κ3) is 4.76. The van der Waals surface area contributed by atoms with Gasteiger partial charge in [0.25, 0.3) is 11.8 Å². The molecule has 2 amide bonds. The van der Waals surface area contributed by atoms with Gasteiger partial charge < -0.3 is 15.4 Å². The van der Waals surface area contributed by atoms with Gasteiger partial charge >= 0.3 is 0 Å². The summed E-state index contributed by atoms with van der Waals surface area (Å²) in [6, 6.07) is 12.9. The van der Waals surface area contributed by atoms with Crippen LogP contribution in [0.15, 0.2) is 55.1 Å². The number of carbonyl (C=O) groups is 2. The van der Waals surface area contributed by atoms with Crippen molar-refractivity contribution in [1.82, 2.24) is 5.32 Å². The highest BCUT2D eigenvalue weighted by Gasteiger charge is 2.16. The number of para-hydroxylation sites is 1. The van der Waals surface area contributed by atoms with Crippen LogP contribution in [-0.2, 0) is 17.6 Å². The molecule has 5 heteroatoms. The summed E-state index contributed by atoms with van der Waals surface area (Å²) >= 11 is 0. The minimum atomic E-state index is -0.299. The Hall–Kier alpha value is -3.08. The van der Waals surface area contributed by atoms with E-state index >= 15 is 0 Å². The molecule has 0 saturated heterocycles. The van der Waals surface area contributed by atoms with Crippen molar-refractivity contribution >= 4 is 17.5 Å². The van der Waals surface area contributed by atoms with E-state index in [4.69, 9.17) is 4.74 Å². The zero-order valence-electron chi connectivity index (χ0n) is 15.3. The van der Waals surface area contributed by atoms with Crippen molar-refractivity contribution in [2.75, 3.05) is 18.5 Å². The quantitative estimate of drug-likeness (QED) is 0.739. The minimum absolute atomic E-state index is 0.0982. The van der Waals surface area contributed by atoms with Gasteiger partial charge in [-0.25, -0.2) is 0 Å². The average molecular weight is 364 g/mol. The van der Waals surface area contributed by atoms with Crippen LogP contribution in [0.5, 0.6) is 5.75 Å². The maximum Gasteiger partial charge on any atom is 0.262 e. The van der Waals surface area contributed by atoms with Crippen LogP contribution in [0.1, 0.15) is 34.3 Å². The Morgan fingerprint density at radius 2 is 1.89 bits per heavy atom. The first-order chi connectivity index (χ1) is 13.2. The molecule has 0 aliphatic heterocycles. The SMILES string of the molecule is C=CCNC(=O)c1ccccc1NC(=O)COc1cccc2c1CCCC2. The molecule has 0 heterocycles. The molecular weight excluding hydrogens is 340 g/mol. The number of hydrogen-bond donors (Lipinski definition) is 2. The lowest BCUT2D eigenvalue weighted by Gasteiger charge is -2.19. The summed E-state index contributed by atoms with van der Waals surface area (Å²) in [6.07, 6.45) is 5.99. The summed E-state index contributed by atoms with van der Waals surface area (Å²) < 4.78 is 5.78. The van der Waals surface area contributed by atoms with E-state index in [1.165, 1.54) is 17.5 Å². The molecule has 2 aromatic carbocycles. The van der Waals surface area contributed by atoms with Crippen LogP contribution in [0.2, 0.25) is 0 Å². The van der Waals surface area contributed by atoms with Crippen LogP contribution < -0.4 is 15.4 Å². The number of amides is 2. The van der Waals surface area contributed by atoms with E-state index in [1.54, 1.807) is 30.3 Å². The average Bonchev–Trinajstić information content (AvgIpc) is 2.71. The first-order valence-corrected chi connectivity index (χ1v) is 9.20. The van der Waals surface area contributed by atoms with Gasteiger partial charge in [-0.3, -0.25) is 9.59 Å². The van der Waals surface area contributed by atoms with E-state index in [9.17, 15) is 9.59 Å². The Morgan fingerprint density at radius 1 is 1.07 bits per heavy atom. The number of aryl methyl sites for hydroxylation is 1. The Balaban J connectivity index is 1.64. The molecule has 0 bridgehead atoms. The molecule has 2 aromatic rings. The van der Waals surface area contributed by atoms with E-state index in [0.29, 0.717) is 17.8 Å². The third-order valence-electron chi connectivity index (χ3n) is 4.56. The smallest absolute Gasteiger partial charge is 0.262 e. The predicted octanol–water partition coefficient (Wildman–Crippen LogP) is 3.50. The summed E-state index contributed by atoms with van der Waals surface area (Å²) in [5.41, 5.74) is 3.39. The number of fused-ring (bicyclic) bond motifs is 1. The number of benzene rings is 2. The molecule has 0 spiro atoms. The Morgan fingerprint density at radius 3 is 2.74 bits per heavy atom. The minimum Gasteiger partial charge on any atom is -0.483 e. The van der Waals surface area contributed by atoms with E-state index < -0.39 is 0 Å². The molecule has 0 radical (unpaired) electrons. The number of nitrogens with one attached hydrogen (secondary N) is 2. The molecule has 0 atom stereocenters. The highest BCUT2D eigenvalue weighted by atomic mass is 16.5. The Kier molecular flexibility index (Phi) is 6.26. The number of ether oxygens (including phenoxy) is 1. The number of rotatable bonds is 7. The Bertz CT molecular complexity index is 845. The molecule has 1 aliphatic carbocycles. The molecule has 0 aromatic heterocycles. The molecule has 0 fully saturated rings. The summed E-state index contributed by atoms with van der Waals surface area (Å²) in [5, 5.41) is 5.48. The zero-order valence-corrected chi connectivity index (χ0v) is 15.3. The lowest BCUT2D eigenvalue weighted by molar-refractivity contribution is -0.118. The van der Waals surface area contributed by atoms with E-state index in [2.05, 4.69) is 23.3 Å². The van der Waals surface area contributed by atoms with Gasteiger partial charge in [-0.05, 0) is 55.0 Å². The number of carbonyl (C=O) groups excluding carboxylic acids is 2. The van der Waals surface area contributed by atoms with Crippen LogP contribution in [0.3, 0.4) is 0 Å². The van der Waals surface area contributed by atoms with Crippen molar-refractivity contribution in [3.63, 3.8) is 0 Å². The van der Waals surface area contributed by atoms with Crippen LogP contribution in [0.25, 0.3) is 0 Å². The van der Waals surface area contributed by atoms with Gasteiger partial charge in [-0.2, -0.15) is 0 Å². The van der Waals surface area contributed by atoms with Crippen LogP contribution in [-0.4, -0.2) is 25.0 Å². The molecule has 2 N–H and O–H groups in total. The molecule has 27 heavy (non-hydrogen) atoms. The standard InChI is InChI=1S/C22H24N2O3/c1-2-14-23-22(26)18-11-5-6-12-19(18)24-21(25)15-27-20-13-7-9-16-8-3-4-10-17(16)20/h2,5-7,9,11-13H,1,3-4,8,10,14-15H2,(H,23,26)(H,24,25). The van der Waals surface area contributed by atoms with Gasteiger partial charge in [0.1, 0.15) is 5.75 Å². The van der Waals surface area contributed by atoms with Crippen molar-refractivity contribution in [2.24, 2.45) is 0 Å². The van der Waals surface area contributed by atoms with Gasteiger partial charge in [0.05, 0.1) is 11.3 Å². The summed E-state index contributed by atoms with van der Waals surface area (Å²) in [6.45, 7) is 3.85. The van der Waals surface area contributed by atoms with Crippen LogP contribution >= 0.6 is 0 Å². The lowest BCUT2D eigenvalue weighted by Crippen LogP contribution is -2.26. The van der Waals surface area contributed by atoms with Crippen molar-refractivity contribution in [3.8, 4) is 5.75 Å². The normalized spacial score (nSPS) is 12.6. The maximum absolute atomic E-state index is 12.4. The topological polar surface area (TPSA) is 67.4 Å². The third-order valence-corrected chi connectivity index (χ3v) is 4.56. The largest absolute Gasteiger partial charge is 0.483 e. The van der Waals surface area contributed by atoms with Gasteiger partial charge in [-0.15, -0.1) is 6.58 Å². The fourth-order valence-corrected chi connectivity index (χ4v) is 3.26. The highest BCUT2D eigenvalue weighted by molar-refractivity contribution is 6.04. The monoisotopic (exact) mass is 364 g/mol. The van der Waals surface area contributed by atoms with E-state index in [0.717, 1.165) is 25.0 Å². The molecule has 1 aliphatic rings. The highest BCUT2D eigenvalue weighted by Crippen LogP contribution is 2.29. The summed E-state index contributed by atoms with van der Waals surface area (Å²) in [7, 11) is 0. The fourth-order valence-electron chi connectivity index (χ4n) is 3.26. The second-order valence-electron chi connectivity index (χ2n) is 6.48. The summed E-state index contributed by atoms with van der Waals surface area (Å²) in [5.74, 6) is 0.218. The van der Waals surface area contributed by atoms with Crippen LogP contribution in [0.4, 0.5) is 5.69 Å². The molecule has 3 rings (SSSR count). The zero-order chi connectivity index (χ0) is 19.1. The lowest BCUT2D eigenvalue weighted by atomic mass is 9.91. The molecule has 5 nitrogen and oxygen atoms in total. The summed E-state index contributed by atoms with van der Waals surface area (Å²) in [4.78, 5) is 24.6. The van der Waals surface area contributed by atoms with Crippen molar-refractivity contribution in [3.05, 3.63) is 71.8 Å². The van der Waals surface area contributed by atoms with Crippen molar-refractivity contribution in [2.45, 2.75) is 25.7 Å². The van der Waals surface area contributed by atoms with Crippen molar-refractivity contribution in [1.29, 1.82) is 0 Å². The number of anilines is 1. The van der Waals surface area contributed by atoms with Crippen LogP contribution in [0, 0.1) is 0 Å². The maximum atomic E-state index is 12.4. The molecular formula is C22H24N2O3. The van der Waals surface area contributed by atoms with Gasteiger partial charge in [0.15, 0.2) is 6.61 Å². The molecule has 0 unspecified atom stereocenters. The second-order valence-corrected chi connectivity index (χ2v) is 6.48. The second kappa shape index (κ2) is 9.03. The van der Waals surface area contributed by atoms with Gasteiger partial charge in [0.2, 0.25) is 0 Å². The molecule has 140 valence electrons. The Labute approximate surface area is 159 Å². The van der Waals surface area contributed by atoms with Crippen molar-refractivity contribution < 1.29 is 14.3 Å². The first kappa shape index (κ1) is 18.7.